The highest BCUT2D eigenvalue weighted by Crippen LogP contribution is 2.44. The summed E-state index contributed by atoms with van der Waals surface area (Å²) in [4.78, 5) is 51.6. The molecule has 2 aromatic heterocycles. The van der Waals surface area contributed by atoms with Crippen molar-refractivity contribution in [2.45, 2.75) is 38.0 Å². The number of carbonyl (C=O) groups is 3. The predicted octanol–water partition coefficient (Wildman–Crippen LogP) is 5.18. The minimum Gasteiger partial charge on any atom is -0.354 e. The second kappa shape index (κ2) is 11.7. The number of hydrogen-bond donors (Lipinski definition) is 1. The van der Waals surface area contributed by atoms with Gasteiger partial charge in [0.1, 0.15) is 11.5 Å². The Morgan fingerprint density at radius 1 is 1.07 bits per heavy atom. The quantitative estimate of drug-likeness (QED) is 0.311. The first-order valence-electron chi connectivity index (χ1n) is 14.1. The zero-order valence-electron chi connectivity index (χ0n) is 24.1. The van der Waals surface area contributed by atoms with Crippen molar-refractivity contribution in [2.75, 3.05) is 18.5 Å². The van der Waals surface area contributed by atoms with Crippen molar-refractivity contribution in [3.8, 4) is 0 Å². The molecule has 1 saturated heterocycles. The van der Waals surface area contributed by atoms with Crippen LogP contribution in [0.2, 0.25) is 0 Å². The molecule has 3 amide bonds. The van der Waals surface area contributed by atoms with Crippen LogP contribution in [0.25, 0.3) is 0 Å². The minimum absolute atomic E-state index is 0.0579. The van der Waals surface area contributed by atoms with Crippen LogP contribution in [0.15, 0.2) is 71.6 Å². The first-order valence-corrected chi connectivity index (χ1v) is 14.9. The third-order valence-corrected chi connectivity index (χ3v) is 8.92. The Balaban J connectivity index is 1.40. The maximum absolute atomic E-state index is 14.3. The van der Waals surface area contributed by atoms with Gasteiger partial charge in [-0.3, -0.25) is 14.4 Å². The molecule has 3 atom stereocenters. The van der Waals surface area contributed by atoms with Crippen molar-refractivity contribution in [3.63, 3.8) is 0 Å². The van der Waals surface area contributed by atoms with Gasteiger partial charge in [0.2, 0.25) is 5.91 Å². The summed E-state index contributed by atoms with van der Waals surface area (Å²) in [6.45, 7) is 1.83. The van der Waals surface area contributed by atoms with Crippen molar-refractivity contribution in [1.82, 2.24) is 30.0 Å². The number of halogens is 4. The monoisotopic (exact) mass is 681 g/mol. The number of nitrogens with zero attached hydrogens (tertiary/aromatic N) is 6. The van der Waals surface area contributed by atoms with E-state index in [4.69, 9.17) is 0 Å². The van der Waals surface area contributed by atoms with Gasteiger partial charge in [0.25, 0.3) is 11.8 Å². The van der Waals surface area contributed by atoms with E-state index in [1.165, 1.54) is 41.4 Å². The van der Waals surface area contributed by atoms with Crippen molar-refractivity contribution < 1.29 is 27.6 Å². The number of rotatable bonds is 5. The fraction of sp³-hybridized carbons (Fsp3) is 0.290. The van der Waals surface area contributed by atoms with Crippen LogP contribution in [-0.4, -0.2) is 62.0 Å². The van der Waals surface area contributed by atoms with Gasteiger partial charge in [0.15, 0.2) is 5.82 Å². The zero-order valence-corrected chi connectivity index (χ0v) is 25.7. The van der Waals surface area contributed by atoms with Gasteiger partial charge in [-0.2, -0.15) is 18.3 Å². The maximum Gasteiger partial charge on any atom is 0.417 e. The van der Waals surface area contributed by atoms with E-state index in [9.17, 15) is 27.6 Å². The Kier molecular flexibility index (Phi) is 7.93. The van der Waals surface area contributed by atoms with E-state index in [1.54, 1.807) is 17.8 Å². The molecule has 0 saturated carbocycles. The minimum atomic E-state index is -4.65. The molecule has 0 spiro atoms. The van der Waals surface area contributed by atoms with Crippen LogP contribution in [0.5, 0.6) is 0 Å². The Bertz CT molecular complexity index is 1780. The molecule has 1 N–H and O–H groups in total. The van der Waals surface area contributed by atoms with Gasteiger partial charge < -0.3 is 10.2 Å². The summed E-state index contributed by atoms with van der Waals surface area (Å²) in [5.74, 6) is -1.21. The average molecular weight is 683 g/mol. The van der Waals surface area contributed by atoms with Crippen molar-refractivity contribution in [2.24, 2.45) is 5.92 Å². The molecule has 232 valence electrons. The molecule has 1 fully saturated rings. The van der Waals surface area contributed by atoms with E-state index in [0.717, 1.165) is 17.2 Å². The lowest BCUT2D eigenvalue weighted by molar-refractivity contribution is -0.138. The van der Waals surface area contributed by atoms with E-state index in [-0.39, 0.29) is 40.4 Å². The Hall–Kier alpha value is -4.59. The second-order valence-corrected chi connectivity index (χ2v) is 11.9. The lowest BCUT2D eigenvalue weighted by Gasteiger charge is -2.46. The molecule has 4 aromatic rings. The molecule has 2 unspecified atom stereocenters. The number of likely N-dealkylation sites (tertiary alicyclic amines) is 1. The zero-order chi connectivity index (χ0) is 32.0. The molecule has 0 bridgehead atoms. The lowest BCUT2D eigenvalue weighted by Crippen LogP contribution is -2.56. The second-order valence-electron chi connectivity index (χ2n) is 11.0. The highest BCUT2D eigenvalue weighted by Gasteiger charge is 2.49. The van der Waals surface area contributed by atoms with Crippen LogP contribution in [0, 0.1) is 5.92 Å². The largest absolute Gasteiger partial charge is 0.417 e. The summed E-state index contributed by atoms with van der Waals surface area (Å²) >= 11 is 2.93. The van der Waals surface area contributed by atoms with Crippen LogP contribution in [-0.2, 0) is 17.4 Å². The molecule has 4 heterocycles. The number of hydrogen-bond acceptors (Lipinski definition) is 6. The molecule has 14 heteroatoms. The van der Waals surface area contributed by atoms with Gasteiger partial charge in [0, 0.05) is 41.7 Å². The Morgan fingerprint density at radius 2 is 1.82 bits per heavy atom. The van der Waals surface area contributed by atoms with Crippen LogP contribution in [0.1, 0.15) is 56.9 Å². The van der Waals surface area contributed by atoms with E-state index < -0.39 is 41.6 Å². The predicted molar refractivity (Wildman–Crippen MR) is 161 cm³/mol. The normalized spacial score (nSPS) is 19.6. The summed E-state index contributed by atoms with van der Waals surface area (Å²) in [6.07, 6.45) is 0.368. The fourth-order valence-corrected chi connectivity index (χ4v) is 6.46. The summed E-state index contributed by atoms with van der Waals surface area (Å²) in [5.41, 5.74) is 0.751. The Morgan fingerprint density at radius 3 is 2.49 bits per heavy atom. The number of piperidine rings is 1. The first-order chi connectivity index (χ1) is 21.5. The third kappa shape index (κ3) is 5.58. The highest BCUT2D eigenvalue weighted by atomic mass is 79.9. The number of nitrogens with one attached hydrogen (secondary N) is 1. The number of carbonyl (C=O) groups excluding carboxylic acids is 3. The highest BCUT2D eigenvalue weighted by molar-refractivity contribution is 9.10. The number of anilines is 2. The fourth-order valence-electron chi connectivity index (χ4n) is 5.99. The number of amides is 3. The molecular weight excluding hydrogens is 655 g/mol. The Labute approximate surface area is 264 Å². The van der Waals surface area contributed by atoms with E-state index in [2.05, 4.69) is 36.3 Å². The van der Waals surface area contributed by atoms with E-state index >= 15 is 0 Å². The van der Waals surface area contributed by atoms with Crippen LogP contribution in [0.4, 0.5) is 24.8 Å². The molecule has 45 heavy (non-hydrogen) atoms. The molecule has 2 aliphatic rings. The standard InChI is InChI=1S/C31H27BrF3N7O3/c1-17-10-21-25(16-40(17)29(44)19-8-9-23(32)22(12-19)31(33,34)35)42-28(20(13-39-42)11-18-6-4-3-5-7-18)41(30(21)45)26-15-37-24(14-38-26)27(43)36-2/h3-9,12-15,17,21,25H,10-11,16H2,1-2H3,(H,36,43)/t17-,21?,25?/m0/s1. The number of benzene rings is 2. The van der Waals surface area contributed by atoms with E-state index in [0.29, 0.717) is 12.2 Å². The van der Waals surface area contributed by atoms with Crippen molar-refractivity contribution >= 4 is 45.3 Å². The number of fused-ring (bicyclic) bond motifs is 3. The average Bonchev–Trinajstić information content (AvgIpc) is 3.43. The third-order valence-electron chi connectivity index (χ3n) is 8.23. The molecule has 2 aromatic carbocycles. The number of alkyl halides is 3. The first kappa shape index (κ1) is 30.4. The maximum atomic E-state index is 14.3. The molecule has 6 rings (SSSR count). The van der Waals surface area contributed by atoms with Gasteiger partial charge in [-0.05, 0) is 37.1 Å². The molecule has 0 radical (unpaired) electrons. The van der Waals surface area contributed by atoms with Gasteiger partial charge >= 0.3 is 6.18 Å². The smallest absolute Gasteiger partial charge is 0.354 e. The molecular formula is C31H27BrF3N7O3. The SMILES string of the molecule is CNC(=O)c1cnc(N2C(=O)C3C[C@H](C)N(C(=O)c4ccc(Br)c(C(F)(F)F)c4)CC3n3ncc(Cc4ccccc4)c32)cn1. The van der Waals surface area contributed by atoms with Crippen molar-refractivity contribution in [1.29, 1.82) is 0 Å². The molecule has 2 aliphatic heterocycles. The molecule has 0 aliphatic carbocycles. The van der Waals surface area contributed by atoms with Gasteiger partial charge in [0.05, 0.1) is 36.1 Å². The van der Waals surface area contributed by atoms with Crippen LogP contribution in [0.3, 0.4) is 0 Å². The lowest BCUT2D eigenvalue weighted by atomic mass is 9.84. The van der Waals surface area contributed by atoms with E-state index in [1.807, 2.05) is 30.3 Å². The van der Waals surface area contributed by atoms with Gasteiger partial charge in [-0.25, -0.2) is 19.5 Å². The summed E-state index contributed by atoms with van der Waals surface area (Å²) in [5, 5.41) is 7.16. The molecule has 10 nitrogen and oxygen atoms in total. The topological polar surface area (TPSA) is 113 Å². The summed E-state index contributed by atoms with van der Waals surface area (Å²) < 4.78 is 42.4. The number of aromatic nitrogens is 4. The summed E-state index contributed by atoms with van der Waals surface area (Å²) in [6, 6.07) is 12.0. The van der Waals surface area contributed by atoms with Gasteiger partial charge in [-0.1, -0.05) is 46.3 Å². The van der Waals surface area contributed by atoms with Crippen LogP contribution >= 0.6 is 15.9 Å². The van der Waals surface area contributed by atoms with Crippen LogP contribution < -0.4 is 10.2 Å². The summed E-state index contributed by atoms with van der Waals surface area (Å²) in [7, 11) is 1.48. The van der Waals surface area contributed by atoms with Crippen molar-refractivity contribution in [3.05, 3.63) is 99.5 Å². The van der Waals surface area contributed by atoms with Gasteiger partial charge in [-0.15, -0.1) is 0 Å².